The first-order valence-corrected chi connectivity index (χ1v) is 24.5. The van der Waals surface area contributed by atoms with Crippen molar-refractivity contribution in [3.05, 3.63) is 114 Å². The summed E-state index contributed by atoms with van der Waals surface area (Å²) < 4.78 is 11.9. The highest BCUT2D eigenvalue weighted by Gasteiger charge is 2.61. The number of nitrogens with zero attached hydrogens (tertiary/aromatic N) is 2. The Morgan fingerprint density at radius 1 is 0.909 bits per heavy atom. The quantitative estimate of drug-likeness (QED) is 0.0552. The summed E-state index contributed by atoms with van der Waals surface area (Å²) in [5.41, 5.74) is 2.66. The second-order valence-electron chi connectivity index (χ2n) is 15.9. The predicted octanol–water partition coefficient (Wildman–Crippen LogP) is 7.35. The van der Waals surface area contributed by atoms with Gasteiger partial charge in [0.05, 0.1) is 33.2 Å². The van der Waals surface area contributed by atoms with Gasteiger partial charge in [0.1, 0.15) is 5.70 Å². The summed E-state index contributed by atoms with van der Waals surface area (Å²) >= 11 is 0. The van der Waals surface area contributed by atoms with E-state index in [1.54, 1.807) is 9.80 Å². The van der Waals surface area contributed by atoms with E-state index < -0.39 is 33.6 Å². The maximum absolute atomic E-state index is 13.9. The lowest BCUT2D eigenvalue weighted by atomic mass is 9.77. The first-order chi connectivity index (χ1) is 26.3. The number of anilines is 1. The minimum atomic E-state index is -3.30. The van der Waals surface area contributed by atoms with Crippen molar-refractivity contribution in [3.63, 3.8) is 0 Å². The molecular weight excluding hydrogens is 740 g/mol. The third-order valence-electron chi connectivity index (χ3n) is 12.7. The van der Waals surface area contributed by atoms with Crippen LogP contribution in [0.3, 0.4) is 0 Å². The predicted molar refractivity (Wildman–Crippen MR) is 229 cm³/mol. The molecule has 8 nitrogen and oxygen atoms in total. The fourth-order valence-corrected chi connectivity index (χ4v) is 16.1. The summed E-state index contributed by atoms with van der Waals surface area (Å²) in [5.74, 6) is -1.35. The molecule has 1 fully saturated rings. The minimum Gasteiger partial charge on any atom is -0.447 e. The monoisotopic (exact) mass is 794 g/mol. The number of amides is 2. The first-order valence-electron chi connectivity index (χ1n) is 19.5. The molecule has 1 unspecified atom stereocenters. The fourth-order valence-electron chi connectivity index (χ4n) is 9.39. The molecule has 4 aromatic rings. The maximum atomic E-state index is 13.9. The van der Waals surface area contributed by atoms with Crippen LogP contribution in [0.4, 0.5) is 5.69 Å². The van der Waals surface area contributed by atoms with Gasteiger partial charge in [-0.15, -0.1) is 0 Å². The van der Waals surface area contributed by atoms with E-state index in [2.05, 4.69) is 46.8 Å². The van der Waals surface area contributed by atoms with E-state index in [-0.39, 0.29) is 36.2 Å². The Hall–Kier alpha value is -3.93. The summed E-state index contributed by atoms with van der Waals surface area (Å²) in [6, 6.07) is 34.7. The summed E-state index contributed by atoms with van der Waals surface area (Å²) in [6.07, 6.45) is 1.10. The minimum absolute atomic E-state index is 0.114. The van der Waals surface area contributed by atoms with Crippen molar-refractivity contribution in [2.45, 2.75) is 90.2 Å². The van der Waals surface area contributed by atoms with E-state index in [4.69, 9.17) is 8.95 Å². The van der Waals surface area contributed by atoms with Crippen LogP contribution in [0.15, 0.2) is 108 Å². The average molecular weight is 795 g/mol. The third-order valence-corrected chi connectivity index (χ3v) is 22.2. The largest absolute Gasteiger partial charge is 0.447 e. The van der Waals surface area contributed by atoms with E-state index in [1.807, 2.05) is 108 Å². The van der Waals surface area contributed by atoms with Gasteiger partial charge in [-0.2, -0.15) is 0 Å². The van der Waals surface area contributed by atoms with Crippen molar-refractivity contribution in [1.29, 1.82) is 0 Å². The molecule has 55 heavy (non-hydrogen) atoms. The molecule has 4 aromatic carbocycles. The van der Waals surface area contributed by atoms with E-state index in [9.17, 15) is 19.2 Å². The number of β-lactam (4-membered cyclic amide) rings is 1. The van der Waals surface area contributed by atoms with Crippen molar-refractivity contribution >= 4 is 71.2 Å². The van der Waals surface area contributed by atoms with Gasteiger partial charge in [0.15, 0.2) is 8.32 Å². The zero-order chi connectivity index (χ0) is 39.7. The van der Waals surface area contributed by atoms with E-state index >= 15 is 0 Å². The van der Waals surface area contributed by atoms with Crippen molar-refractivity contribution in [2.24, 2.45) is 11.8 Å². The molecule has 0 aliphatic carbocycles. The van der Waals surface area contributed by atoms with E-state index in [0.29, 0.717) is 17.7 Å². The highest BCUT2D eigenvalue weighted by Crippen LogP contribution is 2.49. The number of benzene rings is 4. The molecule has 2 aliphatic rings. The molecule has 1 saturated heterocycles. The molecular formula is C44H55N2O6PSi2. The Morgan fingerprint density at radius 3 is 2.02 bits per heavy atom. The van der Waals surface area contributed by atoms with Crippen LogP contribution in [0, 0.1) is 11.8 Å². The SMILES string of the molecule is CC[Si](CC)(CC)O[C@H](C)[C@H]1C(=O)N2C(C(=O)OP)=C(CN(C=O)c3cccc4c(CC(C)(C)[Si](O)(c5ccccc5)c5ccccc5)cccc34)[C@H](C)[C@H]12. The number of hydrogen-bond acceptors (Lipinski definition) is 6. The Bertz CT molecular complexity index is 2020. The smallest absolute Gasteiger partial charge is 0.357 e. The molecule has 1 N–H and O–H groups in total. The van der Waals surface area contributed by atoms with Gasteiger partial charge >= 0.3 is 5.97 Å². The number of carbonyl (C=O) groups excluding carboxylic acids is 3. The summed E-state index contributed by atoms with van der Waals surface area (Å²) in [5, 5.41) is 3.23. The topological polar surface area (TPSA) is 96.4 Å². The molecule has 0 radical (unpaired) electrons. The van der Waals surface area contributed by atoms with Gasteiger partial charge in [0.25, 0.3) is 8.32 Å². The van der Waals surface area contributed by atoms with Crippen LogP contribution in [-0.4, -0.2) is 63.3 Å². The number of hydrogen-bond donors (Lipinski definition) is 1. The molecule has 5 atom stereocenters. The second-order valence-corrected chi connectivity index (χ2v) is 24.8. The molecule has 0 saturated carbocycles. The standard InChI is InChI=1S/C44H55N2O6PSi2/c1-8-54(9-2,10-3)52-31(5)39-40-30(4)37(41(43(49)51-53)46(40)42(39)48)28-45(29-47)38-26-18-24-35-32(19-17-25-36(35)38)27-44(6,7)55(50,33-20-13-11-14-21-33)34-22-15-12-16-23-34/h11-26,29-31,39-40,50H,8-10,27-28,53H2,1-7H3/t30-,31+,39+,40+/m0/s1. The molecule has 2 amide bonds. The Kier molecular flexibility index (Phi) is 12.1. The highest BCUT2D eigenvalue weighted by molar-refractivity contribution is 7.10. The van der Waals surface area contributed by atoms with Crippen LogP contribution >= 0.6 is 9.47 Å². The molecule has 0 bridgehead atoms. The third kappa shape index (κ3) is 7.06. The van der Waals surface area contributed by atoms with Gasteiger partial charge in [-0.1, -0.05) is 133 Å². The summed E-state index contributed by atoms with van der Waals surface area (Å²) in [4.78, 5) is 56.4. The lowest BCUT2D eigenvalue weighted by molar-refractivity contribution is -0.161. The van der Waals surface area contributed by atoms with Crippen LogP contribution in [-0.2, 0) is 29.8 Å². The fraction of sp³-hybridized carbons (Fsp3) is 0.386. The first kappa shape index (κ1) is 40.7. The van der Waals surface area contributed by atoms with Crippen molar-refractivity contribution in [2.75, 3.05) is 11.4 Å². The molecule has 290 valence electrons. The van der Waals surface area contributed by atoms with Crippen molar-refractivity contribution < 1.29 is 28.1 Å². The Morgan fingerprint density at radius 2 is 1.47 bits per heavy atom. The molecule has 11 heteroatoms. The highest BCUT2D eigenvalue weighted by atomic mass is 31.0. The van der Waals surface area contributed by atoms with Crippen LogP contribution in [0.25, 0.3) is 10.8 Å². The average Bonchev–Trinajstić information content (AvgIpc) is 3.45. The van der Waals surface area contributed by atoms with E-state index in [0.717, 1.165) is 51.3 Å². The number of fused-ring (bicyclic) bond motifs is 2. The van der Waals surface area contributed by atoms with Gasteiger partial charge < -0.3 is 23.5 Å². The van der Waals surface area contributed by atoms with Crippen LogP contribution < -0.4 is 15.3 Å². The Balaban J connectivity index is 1.34. The van der Waals surface area contributed by atoms with Gasteiger partial charge in [0.2, 0.25) is 12.3 Å². The van der Waals surface area contributed by atoms with Crippen molar-refractivity contribution in [3.8, 4) is 0 Å². The zero-order valence-corrected chi connectivity index (χ0v) is 36.3. The Labute approximate surface area is 330 Å². The summed E-state index contributed by atoms with van der Waals surface area (Å²) in [7, 11) is -3.28. The number of carbonyl (C=O) groups is 3. The van der Waals surface area contributed by atoms with Gasteiger partial charge in [-0.3, -0.25) is 9.59 Å². The van der Waals surface area contributed by atoms with Gasteiger partial charge in [0, 0.05) is 17.8 Å². The normalized spacial score (nSPS) is 19.3. The molecule has 0 aromatic heterocycles. The summed E-state index contributed by atoms with van der Waals surface area (Å²) in [6.45, 7) is 15.0. The van der Waals surface area contributed by atoms with Crippen LogP contribution in [0.1, 0.15) is 54.0 Å². The molecule has 2 heterocycles. The maximum Gasteiger partial charge on any atom is 0.357 e. The lowest BCUT2D eigenvalue weighted by Gasteiger charge is -2.49. The zero-order valence-electron chi connectivity index (χ0n) is 33.1. The van der Waals surface area contributed by atoms with Gasteiger partial charge in [-0.25, -0.2) is 4.79 Å². The van der Waals surface area contributed by atoms with Crippen LogP contribution in [0.5, 0.6) is 0 Å². The molecule has 0 spiro atoms. The van der Waals surface area contributed by atoms with Gasteiger partial charge in [-0.05, 0) is 69.5 Å². The number of rotatable bonds is 16. The van der Waals surface area contributed by atoms with E-state index in [1.165, 1.54) is 0 Å². The second kappa shape index (κ2) is 16.3. The van der Waals surface area contributed by atoms with Crippen molar-refractivity contribution in [1.82, 2.24) is 4.90 Å². The lowest BCUT2D eigenvalue weighted by Crippen LogP contribution is -2.65. The molecule has 2 aliphatic heterocycles. The van der Waals surface area contributed by atoms with Crippen LogP contribution in [0.2, 0.25) is 23.2 Å². The molecule has 6 rings (SSSR count).